The number of nitrogen functional groups attached to an aromatic ring is 1. The predicted molar refractivity (Wildman–Crippen MR) is 110 cm³/mol. The van der Waals surface area contributed by atoms with E-state index in [0.717, 1.165) is 6.54 Å². The van der Waals surface area contributed by atoms with E-state index >= 15 is 0 Å². The molecular weight excluding hydrogens is 340 g/mol. The van der Waals surface area contributed by atoms with Gasteiger partial charge in [-0.05, 0) is 55.9 Å². The number of para-hydroxylation sites is 2. The summed E-state index contributed by atoms with van der Waals surface area (Å²) in [5.41, 5.74) is 7.85. The molecule has 2 amide bonds. The summed E-state index contributed by atoms with van der Waals surface area (Å²) in [5, 5.41) is 5.73. The van der Waals surface area contributed by atoms with Crippen molar-refractivity contribution in [2.45, 2.75) is 13.8 Å². The van der Waals surface area contributed by atoms with E-state index in [1.54, 1.807) is 48.5 Å². The number of nitrogens with one attached hydrogen (secondary N) is 2. The highest BCUT2D eigenvalue weighted by Crippen LogP contribution is 2.18. The van der Waals surface area contributed by atoms with E-state index in [4.69, 9.17) is 5.73 Å². The molecule has 0 unspecified atom stereocenters. The second kappa shape index (κ2) is 8.68. The van der Waals surface area contributed by atoms with Crippen LogP contribution in [0.2, 0.25) is 0 Å². The lowest BCUT2D eigenvalue weighted by molar-refractivity contribution is 0.0928. The van der Waals surface area contributed by atoms with E-state index in [1.807, 2.05) is 14.1 Å². The molecular formula is C21H28N4O2. The van der Waals surface area contributed by atoms with Crippen molar-refractivity contribution in [3.63, 3.8) is 0 Å². The third-order valence-electron chi connectivity index (χ3n) is 4.09. The molecule has 0 fully saturated rings. The van der Waals surface area contributed by atoms with Gasteiger partial charge in [-0.25, -0.2) is 0 Å². The maximum Gasteiger partial charge on any atom is 0.255 e. The van der Waals surface area contributed by atoms with Crippen molar-refractivity contribution in [1.29, 1.82) is 0 Å². The fourth-order valence-corrected chi connectivity index (χ4v) is 2.91. The summed E-state index contributed by atoms with van der Waals surface area (Å²) >= 11 is 0. The normalized spacial score (nSPS) is 11.3. The van der Waals surface area contributed by atoms with Gasteiger partial charge in [-0.2, -0.15) is 0 Å². The molecule has 6 heteroatoms. The number of hydrogen-bond acceptors (Lipinski definition) is 4. The van der Waals surface area contributed by atoms with Crippen LogP contribution in [0.1, 0.15) is 34.6 Å². The van der Waals surface area contributed by atoms with Crippen LogP contribution in [-0.4, -0.2) is 43.9 Å². The molecule has 144 valence electrons. The van der Waals surface area contributed by atoms with E-state index in [9.17, 15) is 9.59 Å². The van der Waals surface area contributed by atoms with Gasteiger partial charge >= 0.3 is 0 Å². The summed E-state index contributed by atoms with van der Waals surface area (Å²) in [6.45, 7) is 5.65. The number of benzene rings is 2. The molecule has 6 nitrogen and oxygen atoms in total. The molecule has 27 heavy (non-hydrogen) atoms. The van der Waals surface area contributed by atoms with Gasteiger partial charge in [0.05, 0.1) is 11.4 Å². The van der Waals surface area contributed by atoms with Gasteiger partial charge in [-0.15, -0.1) is 0 Å². The van der Waals surface area contributed by atoms with Gasteiger partial charge in [0.25, 0.3) is 11.8 Å². The van der Waals surface area contributed by atoms with E-state index in [2.05, 4.69) is 29.4 Å². The molecule has 0 aliphatic carbocycles. The Hall–Kier alpha value is -2.86. The minimum Gasteiger partial charge on any atom is -0.397 e. The number of nitrogens with two attached hydrogens (primary N) is 1. The Kier molecular flexibility index (Phi) is 6.58. The molecule has 0 saturated heterocycles. The SMILES string of the molecule is CN(C)CC(C)(C)CNC(=O)c1ccc(C(=O)Nc2ccccc2N)cc1. The van der Waals surface area contributed by atoms with Crippen LogP contribution in [0.5, 0.6) is 0 Å². The fourth-order valence-electron chi connectivity index (χ4n) is 2.91. The second-order valence-corrected chi connectivity index (χ2v) is 7.70. The third-order valence-corrected chi connectivity index (χ3v) is 4.09. The molecule has 0 spiro atoms. The van der Waals surface area contributed by atoms with Gasteiger partial charge < -0.3 is 21.3 Å². The summed E-state index contributed by atoms with van der Waals surface area (Å²) in [5.74, 6) is -0.423. The summed E-state index contributed by atoms with van der Waals surface area (Å²) < 4.78 is 0. The van der Waals surface area contributed by atoms with Crippen LogP contribution in [0.15, 0.2) is 48.5 Å². The Labute approximate surface area is 160 Å². The summed E-state index contributed by atoms with van der Waals surface area (Å²) in [6.07, 6.45) is 0. The number of carbonyl (C=O) groups excluding carboxylic acids is 2. The molecule has 0 atom stereocenters. The molecule has 2 rings (SSSR count). The highest BCUT2D eigenvalue weighted by atomic mass is 16.2. The summed E-state index contributed by atoms with van der Waals surface area (Å²) in [7, 11) is 4.02. The molecule has 0 aromatic heterocycles. The zero-order valence-electron chi connectivity index (χ0n) is 16.4. The van der Waals surface area contributed by atoms with Gasteiger partial charge in [-0.3, -0.25) is 9.59 Å². The minimum absolute atomic E-state index is 0.0331. The summed E-state index contributed by atoms with van der Waals surface area (Å²) in [6, 6.07) is 13.6. The zero-order chi connectivity index (χ0) is 20.0. The molecule has 0 radical (unpaired) electrons. The van der Waals surface area contributed by atoms with Crippen molar-refractivity contribution in [2.75, 3.05) is 38.2 Å². The molecule has 2 aromatic carbocycles. The van der Waals surface area contributed by atoms with E-state index in [0.29, 0.717) is 29.0 Å². The van der Waals surface area contributed by atoms with Gasteiger partial charge in [0.2, 0.25) is 0 Å². The molecule has 0 saturated carbocycles. The van der Waals surface area contributed by atoms with Crippen LogP contribution in [0, 0.1) is 5.41 Å². The zero-order valence-corrected chi connectivity index (χ0v) is 16.4. The monoisotopic (exact) mass is 368 g/mol. The highest BCUT2D eigenvalue weighted by molar-refractivity contribution is 6.06. The van der Waals surface area contributed by atoms with Crippen molar-refractivity contribution >= 4 is 23.2 Å². The van der Waals surface area contributed by atoms with Gasteiger partial charge in [0.1, 0.15) is 0 Å². The van der Waals surface area contributed by atoms with Crippen molar-refractivity contribution in [1.82, 2.24) is 10.2 Å². The average molecular weight is 368 g/mol. The second-order valence-electron chi connectivity index (χ2n) is 7.70. The van der Waals surface area contributed by atoms with Crippen molar-refractivity contribution in [2.24, 2.45) is 5.41 Å². The Morgan fingerprint density at radius 1 is 0.963 bits per heavy atom. The van der Waals surface area contributed by atoms with Gasteiger partial charge in [-0.1, -0.05) is 26.0 Å². The average Bonchev–Trinajstić information content (AvgIpc) is 2.61. The van der Waals surface area contributed by atoms with Crippen molar-refractivity contribution in [3.8, 4) is 0 Å². The number of rotatable bonds is 7. The predicted octanol–water partition coefficient (Wildman–Crippen LogP) is 2.84. The van der Waals surface area contributed by atoms with E-state index in [1.165, 1.54) is 0 Å². The standard InChI is InChI=1S/C21H28N4O2/c1-21(2,14-25(3)4)13-23-19(26)15-9-11-16(12-10-15)20(27)24-18-8-6-5-7-17(18)22/h5-12H,13-14,22H2,1-4H3,(H,23,26)(H,24,27). The largest absolute Gasteiger partial charge is 0.397 e. The Morgan fingerprint density at radius 3 is 2.07 bits per heavy atom. The fraction of sp³-hybridized carbons (Fsp3) is 0.333. The molecule has 0 aliphatic heterocycles. The first-order chi connectivity index (χ1) is 12.7. The van der Waals surface area contributed by atoms with Crippen LogP contribution in [-0.2, 0) is 0 Å². The van der Waals surface area contributed by atoms with Gasteiger partial charge in [0.15, 0.2) is 0 Å². The first-order valence-corrected chi connectivity index (χ1v) is 8.87. The van der Waals surface area contributed by atoms with Crippen LogP contribution in [0.25, 0.3) is 0 Å². The first kappa shape index (κ1) is 20.5. The maximum atomic E-state index is 12.4. The van der Waals surface area contributed by atoms with E-state index in [-0.39, 0.29) is 17.2 Å². The van der Waals surface area contributed by atoms with Crippen LogP contribution >= 0.6 is 0 Å². The van der Waals surface area contributed by atoms with Gasteiger partial charge in [0, 0.05) is 24.2 Å². The van der Waals surface area contributed by atoms with Crippen LogP contribution in [0.4, 0.5) is 11.4 Å². The number of carbonyl (C=O) groups is 2. The molecule has 0 aliphatic rings. The third kappa shape index (κ3) is 6.11. The first-order valence-electron chi connectivity index (χ1n) is 8.87. The Balaban J connectivity index is 1.97. The lowest BCUT2D eigenvalue weighted by Crippen LogP contribution is -2.39. The molecule has 0 heterocycles. The molecule has 2 aromatic rings. The minimum atomic E-state index is -0.271. The molecule has 4 N–H and O–H groups in total. The number of anilines is 2. The maximum absolute atomic E-state index is 12.4. The summed E-state index contributed by atoms with van der Waals surface area (Å²) in [4.78, 5) is 26.8. The van der Waals surface area contributed by atoms with Crippen LogP contribution < -0.4 is 16.4 Å². The Bertz CT molecular complexity index is 798. The lowest BCUT2D eigenvalue weighted by Gasteiger charge is -2.28. The van der Waals surface area contributed by atoms with Crippen molar-refractivity contribution < 1.29 is 9.59 Å². The quantitative estimate of drug-likeness (QED) is 0.656. The lowest BCUT2D eigenvalue weighted by atomic mass is 9.93. The smallest absolute Gasteiger partial charge is 0.255 e. The number of hydrogen-bond donors (Lipinski definition) is 3. The topological polar surface area (TPSA) is 87.5 Å². The molecule has 0 bridgehead atoms. The highest BCUT2D eigenvalue weighted by Gasteiger charge is 2.20. The number of amides is 2. The van der Waals surface area contributed by atoms with E-state index < -0.39 is 0 Å². The Morgan fingerprint density at radius 2 is 1.52 bits per heavy atom. The van der Waals surface area contributed by atoms with Crippen molar-refractivity contribution in [3.05, 3.63) is 59.7 Å². The van der Waals surface area contributed by atoms with Crippen LogP contribution in [0.3, 0.4) is 0 Å². The number of nitrogens with zero attached hydrogens (tertiary/aromatic N) is 1.